The largest absolute Gasteiger partial charge is 0.397 e. The molecule has 2 aromatic rings. The van der Waals surface area contributed by atoms with E-state index < -0.39 is 29.0 Å². The Kier molecular flexibility index (Phi) is 4.26. The molecule has 0 aliphatic carbocycles. The van der Waals surface area contributed by atoms with Crippen LogP contribution in [0.3, 0.4) is 0 Å². The monoisotopic (exact) mass is 394 g/mol. The molecule has 148 valence electrons. The molecule has 2 aliphatic rings. The quantitative estimate of drug-likeness (QED) is 0.556. The summed E-state index contributed by atoms with van der Waals surface area (Å²) in [5, 5.41) is 0. The van der Waals surface area contributed by atoms with Gasteiger partial charge in [0, 0.05) is 12.8 Å². The number of piperidine rings is 2. The Morgan fingerprint density at radius 1 is 0.724 bits per heavy atom. The molecule has 4 amide bonds. The maximum atomic E-state index is 13.4. The van der Waals surface area contributed by atoms with Crippen LogP contribution < -0.4 is 21.3 Å². The molecule has 4 heterocycles. The van der Waals surface area contributed by atoms with Gasteiger partial charge in [0.2, 0.25) is 11.8 Å². The van der Waals surface area contributed by atoms with Gasteiger partial charge in [-0.15, -0.1) is 0 Å². The van der Waals surface area contributed by atoms with Crippen LogP contribution in [0.15, 0.2) is 36.7 Å². The molecule has 2 aliphatic heterocycles. The fraction of sp³-hybridized carbons (Fsp3) is 0.263. The lowest BCUT2D eigenvalue weighted by molar-refractivity contribution is -0.149. The van der Waals surface area contributed by atoms with Gasteiger partial charge >= 0.3 is 0 Å². The maximum absolute atomic E-state index is 13.4. The molecule has 10 heteroatoms. The summed E-state index contributed by atoms with van der Waals surface area (Å²) in [4.78, 5) is 61.7. The van der Waals surface area contributed by atoms with Crippen molar-refractivity contribution < 1.29 is 19.2 Å². The SMILES string of the molecule is Nc1ccc(N2C(=O)CCC3(CCC(=O)N(c4ccc(N)cn4)C3=O)C2=O)nc1. The zero-order valence-corrected chi connectivity index (χ0v) is 15.4. The van der Waals surface area contributed by atoms with Crippen molar-refractivity contribution in [1.29, 1.82) is 0 Å². The number of pyridine rings is 2. The van der Waals surface area contributed by atoms with E-state index in [1.807, 2.05) is 0 Å². The van der Waals surface area contributed by atoms with Crippen LogP contribution in [0.5, 0.6) is 0 Å². The Morgan fingerprint density at radius 2 is 1.14 bits per heavy atom. The molecular weight excluding hydrogens is 376 g/mol. The Labute approximate surface area is 165 Å². The molecule has 0 bridgehead atoms. The average molecular weight is 394 g/mol. The van der Waals surface area contributed by atoms with Gasteiger partial charge in [0.1, 0.15) is 17.1 Å². The van der Waals surface area contributed by atoms with Crippen molar-refractivity contribution in [3.63, 3.8) is 0 Å². The van der Waals surface area contributed by atoms with E-state index in [2.05, 4.69) is 9.97 Å². The fourth-order valence-corrected chi connectivity index (χ4v) is 3.69. The predicted molar refractivity (Wildman–Crippen MR) is 103 cm³/mol. The van der Waals surface area contributed by atoms with Crippen molar-refractivity contribution in [2.75, 3.05) is 21.3 Å². The van der Waals surface area contributed by atoms with Gasteiger partial charge in [-0.3, -0.25) is 19.2 Å². The normalized spacial score (nSPS) is 19.2. The van der Waals surface area contributed by atoms with Crippen LogP contribution >= 0.6 is 0 Å². The van der Waals surface area contributed by atoms with E-state index in [4.69, 9.17) is 11.5 Å². The van der Waals surface area contributed by atoms with E-state index in [1.165, 1.54) is 36.7 Å². The highest BCUT2D eigenvalue weighted by Crippen LogP contribution is 2.43. The van der Waals surface area contributed by atoms with E-state index >= 15 is 0 Å². The lowest BCUT2D eigenvalue weighted by Gasteiger charge is -2.43. The van der Waals surface area contributed by atoms with Crippen molar-refractivity contribution in [3.8, 4) is 0 Å². The smallest absolute Gasteiger partial charge is 0.250 e. The zero-order valence-electron chi connectivity index (χ0n) is 15.4. The van der Waals surface area contributed by atoms with Crippen LogP contribution in [0.25, 0.3) is 0 Å². The third-order valence-electron chi connectivity index (χ3n) is 5.25. The second-order valence-electron chi connectivity index (χ2n) is 7.05. The summed E-state index contributed by atoms with van der Waals surface area (Å²) in [6, 6.07) is 5.92. The first kappa shape index (κ1) is 18.5. The summed E-state index contributed by atoms with van der Waals surface area (Å²) in [5.74, 6) is -2.11. The van der Waals surface area contributed by atoms with Gasteiger partial charge in [0.05, 0.1) is 23.8 Å². The second-order valence-corrected chi connectivity index (χ2v) is 7.05. The number of imide groups is 2. The lowest BCUT2D eigenvalue weighted by Crippen LogP contribution is -2.62. The summed E-state index contributed by atoms with van der Waals surface area (Å²) in [6.07, 6.45) is 2.64. The summed E-state index contributed by atoms with van der Waals surface area (Å²) < 4.78 is 0. The van der Waals surface area contributed by atoms with E-state index in [-0.39, 0.29) is 37.3 Å². The number of anilines is 4. The zero-order chi connectivity index (χ0) is 20.8. The van der Waals surface area contributed by atoms with E-state index in [0.717, 1.165) is 9.80 Å². The van der Waals surface area contributed by atoms with Crippen molar-refractivity contribution in [3.05, 3.63) is 36.7 Å². The lowest BCUT2D eigenvalue weighted by atomic mass is 9.71. The molecule has 10 nitrogen and oxygen atoms in total. The number of nitrogen functional groups attached to an aromatic ring is 2. The van der Waals surface area contributed by atoms with Crippen molar-refractivity contribution in [1.82, 2.24) is 9.97 Å². The first-order valence-corrected chi connectivity index (χ1v) is 9.01. The number of amides is 4. The van der Waals surface area contributed by atoms with E-state index in [0.29, 0.717) is 11.4 Å². The van der Waals surface area contributed by atoms with Crippen LogP contribution in [-0.4, -0.2) is 33.6 Å². The van der Waals surface area contributed by atoms with Gasteiger partial charge in [0.15, 0.2) is 0 Å². The summed E-state index contributed by atoms with van der Waals surface area (Å²) in [7, 11) is 0. The Hall–Kier alpha value is -3.82. The van der Waals surface area contributed by atoms with Crippen LogP contribution in [0.2, 0.25) is 0 Å². The van der Waals surface area contributed by atoms with Gasteiger partial charge < -0.3 is 11.5 Å². The van der Waals surface area contributed by atoms with Gasteiger partial charge in [-0.1, -0.05) is 0 Å². The molecular formula is C19H18N6O4. The first-order valence-electron chi connectivity index (χ1n) is 9.01. The molecule has 29 heavy (non-hydrogen) atoms. The molecule has 0 atom stereocenters. The minimum atomic E-state index is -1.53. The molecule has 0 saturated carbocycles. The summed E-state index contributed by atoms with van der Waals surface area (Å²) >= 11 is 0. The third kappa shape index (κ3) is 2.89. The highest BCUT2D eigenvalue weighted by atomic mass is 16.2. The van der Waals surface area contributed by atoms with Crippen molar-refractivity contribution in [2.45, 2.75) is 25.7 Å². The number of hydrogen-bond acceptors (Lipinski definition) is 8. The maximum Gasteiger partial charge on any atom is 0.250 e. The molecule has 0 radical (unpaired) electrons. The number of carbonyl (C=O) groups is 4. The predicted octanol–water partition coefficient (Wildman–Crippen LogP) is 0.634. The number of hydrogen-bond donors (Lipinski definition) is 2. The van der Waals surface area contributed by atoms with Crippen molar-refractivity contribution in [2.24, 2.45) is 5.41 Å². The Bertz CT molecular complexity index is 934. The van der Waals surface area contributed by atoms with Crippen LogP contribution in [0.4, 0.5) is 23.0 Å². The summed E-state index contributed by atoms with van der Waals surface area (Å²) in [5.41, 5.74) is 10.5. The molecule has 4 rings (SSSR count). The minimum absolute atomic E-state index is 0.0216. The Balaban J connectivity index is 1.74. The topological polar surface area (TPSA) is 153 Å². The first-order chi connectivity index (χ1) is 13.8. The fourth-order valence-electron chi connectivity index (χ4n) is 3.69. The van der Waals surface area contributed by atoms with Gasteiger partial charge in [0.25, 0.3) is 11.8 Å². The third-order valence-corrected chi connectivity index (χ3v) is 5.25. The minimum Gasteiger partial charge on any atom is -0.397 e. The summed E-state index contributed by atoms with van der Waals surface area (Å²) in [6.45, 7) is 0. The highest BCUT2D eigenvalue weighted by molar-refractivity contribution is 6.31. The average Bonchev–Trinajstić information content (AvgIpc) is 2.70. The highest BCUT2D eigenvalue weighted by Gasteiger charge is 2.58. The second kappa shape index (κ2) is 6.66. The number of aromatic nitrogens is 2. The van der Waals surface area contributed by atoms with Crippen LogP contribution in [0.1, 0.15) is 25.7 Å². The number of rotatable bonds is 2. The van der Waals surface area contributed by atoms with E-state index in [9.17, 15) is 19.2 Å². The van der Waals surface area contributed by atoms with Crippen molar-refractivity contribution >= 4 is 46.6 Å². The van der Waals surface area contributed by atoms with Gasteiger partial charge in [-0.25, -0.2) is 19.8 Å². The van der Waals surface area contributed by atoms with Gasteiger partial charge in [-0.05, 0) is 37.1 Å². The molecule has 0 unspecified atom stereocenters. The number of nitrogens with zero attached hydrogens (tertiary/aromatic N) is 4. The Morgan fingerprint density at radius 3 is 1.48 bits per heavy atom. The molecule has 2 aromatic heterocycles. The standard InChI is InChI=1S/C19H18N6O4/c20-11-1-3-13(22-9-11)24-15(26)5-7-19(17(24)28)8-6-16(27)25(18(19)29)14-4-2-12(21)10-23-14/h1-4,9-10H,5-8,20-21H2. The molecule has 0 aromatic carbocycles. The molecule has 1 spiro atoms. The number of nitrogens with two attached hydrogens (primary N) is 2. The van der Waals surface area contributed by atoms with Gasteiger partial charge in [-0.2, -0.15) is 0 Å². The number of carbonyl (C=O) groups excluding carboxylic acids is 4. The van der Waals surface area contributed by atoms with E-state index in [1.54, 1.807) is 0 Å². The molecule has 4 N–H and O–H groups in total. The van der Waals surface area contributed by atoms with Crippen LogP contribution in [0, 0.1) is 5.41 Å². The van der Waals surface area contributed by atoms with Crippen LogP contribution in [-0.2, 0) is 19.2 Å². The molecule has 2 saturated heterocycles. The molecule has 2 fully saturated rings.